The van der Waals surface area contributed by atoms with Gasteiger partial charge in [0.2, 0.25) is 0 Å². The maximum absolute atomic E-state index is 14.2. The average Bonchev–Trinajstić information content (AvgIpc) is 2.94. The highest BCUT2D eigenvalue weighted by Crippen LogP contribution is 2.45. The first-order chi connectivity index (χ1) is 19.7. The molecular weight excluding hydrogens is 570 g/mol. The smallest absolute Gasteiger partial charge is 0.432 e. The lowest BCUT2D eigenvalue weighted by Crippen LogP contribution is -2.52. The largest absolute Gasteiger partial charge is 0.455 e. The molecule has 3 rings (SSSR count). The number of benzene rings is 3. The highest BCUT2D eigenvalue weighted by molar-refractivity contribution is 5.83. The van der Waals surface area contributed by atoms with E-state index in [0.717, 1.165) is 38.5 Å². The van der Waals surface area contributed by atoms with Crippen molar-refractivity contribution < 1.29 is 54.9 Å². The number of alkyl halides is 6. The molecule has 12 heteroatoms. The van der Waals surface area contributed by atoms with Gasteiger partial charge in [-0.05, 0) is 31.0 Å². The summed E-state index contributed by atoms with van der Waals surface area (Å²) in [5.74, 6) is -3.45. The fraction of sp³-hybridized carbons (Fsp3) is 0.333. The van der Waals surface area contributed by atoms with Crippen molar-refractivity contribution in [3.8, 4) is 0 Å². The molecular formula is C30H28F6O6. The zero-order chi connectivity index (χ0) is 31.3. The van der Waals surface area contributed by atoms with Gasteiger partial charge in [-0.25, -0.2) is 9.59 Å². The van der Waals surface area contributed by atoms with Crippen molar-refractivity contribution in [3.63, 3.8) is 0 Å². The third-order valence-corrected chi connectivity index (χ3v) is 6.76. The summed E-state index contributed by atoms with van der Waals surface area (Å²) in [7, 11) is 1.47. The normalized spacial score (nSPS) is 16.4. The monoisotopic (exact) mass is 598 g/mol. The Bertz CT molecular complexity index is 1260. The van der Waals surface area contributed by atoms with Gasteiger partial charge >= 0.3 is 24.3 Å². The van der Waals surface area contributed by atoms with Crippen LogP contribution in [0, 0.1) is 0 Å². The number of carbonyl (C=O) groups is 2. The Labute approximate surface area is 238 Å². The van der Waals surface area contributed by atoms with Crippen LogP contribution in [0.2, 0.25) is 0 Å². The lowest BCUT2D eigenvalue weighted by atomic mass is 9.92. The van der Waals surface area contributed by atoms with Crippen molar-refractivity contribution in [3.05, 3.63) is 107 Å². The molecule has 0 aliphatic carbocycles. The summed E-state index contributed by atoms with van der Waals surface area (Å²) < 4.78 is 105. The second-order valence-corrected chi connectivity index (χ2v) is 9.26. The molecule has 3 aromatic rings. The minimum Gasteiger partial charge on any atom is -0.455 e. The van der Waals surface area contributed by atoms with Crippen LogP contribution in [0.25, 0.3) is 0 Å². The predicted octanol–water partition coefficient (Wildman–Crippen LogP) is 7.10. The van der Waals surface area contributed by atoms with Crippen LogP contribution in [0.3, 0.4) is 0 Å². The quantitative estimate of drug-likeness (QED) is 0.183. The molecule has 0 saturated heterocycles. The van der Waals surface area contributed by atoms with Gasteiger partial charge in [0, 0.05) is 25.3 Å². The van der Waals surface area contributed by atoms with E-state index in [1.165, 1.54) is 74.5 Å². The second-order valence-electron chi connectivity index (χ2n) is 9.26. The number of methoxy groups -OCH3 is 2. The molecule has 0 radical (unpaired) electrons. The molecule has 0 spiro atoms. The molecule has 3 aromatic carbocycles. The summed E-state index contributed by atoms with van der Waals surface area (Å²) in [6, 6.07) is 18.1. The number of hydrogen-bond acceptors (Lipinski definition) is 6. The summed E-state index contributed by atoms with van der Waals surface area (Å²) in [5.41, 5.74) is -7.45. The van der Waals surface area contributed by atoms with Crippen LogP contribution in [0.15, 0.2) is 84.9 Å². The van der Waals surface area contributed by atoms with Crippen molar-refractivity contribution in [1.82, 2.24) is 0 Å². The lowest BCUT2D eigenvalue weighted by Gasteiger charge is -2.33. The van der Waals surface area contributed by atoms with E-state index in [-0.39, 0.29) is 11.1 Å². The van der Waals surface area contributed by atoms with Gasteiger partial charge in [-0.2, -0.15) is 26.3 Å². The van der Waals surface area contributed by atoms with Crippen LogP contribution in [0.4, 0.5) is 26.3 Å². The maximum atomic E-state index is 14.2. The van der Waals surface area contributed by atoms with Gasteiger partial charge in [0.25, 0.3) is 11.2 Å². The molecule has 0 heterocycles. The molecule has 2 unspecified atom stereocenters. The molecule has 0 N–H and O–H groups in total. The van der Waals surface area contributed by atoms with E-state index in [0.29, 0.717) is 0 Å². The highest BCUT2D eigenvalue weighted by atomic mass is 19.4. The SMILES string of the molecule is COC(C(=O)O[C@H](C)c1cccc([C@@H](C)OC(=O)C(OC)(c2ccccc2)C(F)(F)F)c1)(c1ccccc1)C(F)(F)F. The summed E-state index contributed by atoms with van der Waals surface area (Å²) in [6.45, 7) is 2.62. The number of ether oxygens (including phenoxy) is 4. The first-order valence-corrected chi connectivity index (χ1v) is 12.5. The van der Waals surface area contributed by atoms with Crippen LogP contribution in [0.5, 0.6) is 0 Å². The van der Waals surface area contributed by atoms with Crippen LogP contribution in [0.1, 0.15) is 48.3 Å². The molecule has 0 aromatic heterocycles. The minimum absolute atomic E-state index is 0.181. The first-order valence-electron chi connectivity index (χ1n) is 12.5. The average molecular weight is 599 g/mol. The van der Waals surface area contributed by atoms with Crippen LogP contribution in [-0.2, 0) is 39.7 Å². The van der Waals surface area contributed by atoms with Crippen molar-refractivity contribution in [1.29, 1.82) is 0 Å². The van der Waals surface area contributed by atoms with Gasteiger partial charge in [0.15, 0.2) is 0 Å². The van der Waals surface area contributed by atoms with Gasteiger partial charge in [-0.15, -0.1) is 0 Å². The van der Waals surface area contributed by atoms with Crippen molar-refractivity contribution in [2.75, 3.05) is 14.2 Å². The molecule has 6 nitrogen and oxygen atoms in total. The van der Waals surface area contributed by atoms with E-state index in [9.17, 15) is 35.9 Å². The van der Waals surface area contributed by atoms with E-state index in [1.54, 1.807) is 0 Å². The van der Waals surface area contributed by atoms with Gasteiger partial charge in [0.05, 0.1) is 0 Å². The van der Waals surface area contributed by atoms with Crippen LogP contribution in [-0.4, -0.2) is 38.5 Å². The third-order valence-electron chi connectivity index (χ3n) is 6.76. The molecule has 0 amide bonds. The third kappa shape index (κ3) is 6.00. The Morgan fingerprint density at radius 2 is 0.905 bits per heavy atom. The number of halogens is 6. The van der Waals surface area contributed by atoms with E-state index < -0.39 is 58.8 Å². The topological polar surface area (TPSA) is 71.1 Å². The van der Waals surface area contributed by atoms with E-state index in [1.807, 2.05) is 0 Å². The first kappa shape index (κ1) is 32.6. The molecule has 4 atom stereocenters. The fourth-order valence-corrected chi connectivity index (χ4v) is 4.46. The van der Waals surface area contributed by atoms with Gasteiger partial charge < -0.3 is 18.9 Å². The minimum atomic E-state index is -5.18. The van der Waals surface area contributed by atoms with Gasteiger partial charge in [-0.3, -0.25) is 0 Å². The molecule has 0 bridgehead atoms. The summed E-state index contributed by atoms with van der Waals surface area (Å²) in [6.07, 6.45) is -12.9. The number of hydrogen-bond donors (Lipinski definition) is 0. The molecule has 0 saturated carbocycles. The van der Waals surface area contributed by atoms with Gasteiger partial charge in [0.1, 0.15) is 12.2 Å². The van der Waals surface area contributed by atoms with E-state index in [2.05, 4.69) is 0 Å². The van der Waals surface area contributed by atoms with Gasteiger partial charge in [-0.1, -0.05) is 78.9 Å². The maximum Gasteiger partial charge on any atom is 0.432 e. The summed E-state index contributed by atoms with van der Waals surface area (Å²) in [4.78, 5) is 26.0. The molecule has 0 aliphatic rings. The number of rotatable bonds is 10. The molecule has 0 fully saturated rings. The lowest BCUT2D eigenvalue weighted by molar-refractivity contribution is -0.279. The molecule has 0 aliphatic heterocycles. The fourth-order valence-electron chi connectivity index (χ4n) is 4.46. The second kappa shape index (κ2) is 12.5. The summed E-state index contributed by atoms with van der Waals surface area (Å²) in [5, 5.41) is 0. The van der Waals surface area contributed by atoms with Crippen molar-refractivity contribution in [2.24, 2.45) is 0 Å². The van der Waals surface area contributed by atoms with E-state index >= 15 is 0 Å². The number of esters is 2. The van der Waals surface area contributed by atoms with Crippen molar-refractivity contribution in [2.45, 2.75) is 49.6 Å². The Morgan fingerprint density at radius 3 is 1.19 bits per heavy atom. The van der Waals surface area contributed by atoms with E-state index in [4.69, 9.17) is 18.9 Å². The molecule has 42 heavy (non-hydrogen) atoms. The number of carbonyl (C=O) groups excluding carboxylic acids is 2. The zero-order valence-electron chi connectivity index (χ0n) is 23.0. The Kier molecular flexibility index (Phi) is 9.74. The van der Waals surface area contributed by atoms with Crippen LogP contribution >= 0.6 is 0 Å². The summed E-state index contributed by atoms with van der Waals surface area (Å²) >= 11 is 0. The zero-order valence-corrected chi connectivity index (χ0v) is 23.0. The Hall–Kier alpha value is -3.90. The predicted molar refractivity (Wildman–Crippen MR) is 138 cm³/mol. The highest BCUT2D eigenvalue weighted by Gasteiger charge is 2.65. The standard InChI is InChI=1S/C30H28F6O6/c1-19(41-25(37)27(39-3,29(31,32)33)23-14-7-5-8-15-23)21-12-11-13-22(18-21)20(2)42-26(38)28(40-4,30(34,35)36)24-16-9-6-10-17-24/h5-20H,1-4H3/t19-,20-,27?,28?/m1/s1. The molecule has 226 valence electrons. The Balaban J connectivity index is 1.88. The van der Waals surface area contributed by atoms with Crippen LogP contribution < -0.4 is 0 Å². The van der Waals surface area contributed by atoms with Crippen molar-refractivity contribution >= 4 is 11.9 Å². The Morgan fingerprint density at radius 1 is 0.571 bits per heavy atom.